The molecule has 1 amide bonds. The van der Waals surface area contributed by atoms with Crippen LogP contribution in [0.15, 0.2) is 29.3 Å². The summed E-state index contributed by atoms with van der Waals surface area (Å²) in [7, 11) is 0. The Morgan fingerprint density at radius 1 is 1.22 bits per heavy atom. The number of hydrogen-bond acceptors (Lipinski definition) is 4. The van der Waals surface area contributed by atoms with Crippen LogP contribution >= 0.6 is 0 Å². The third-order valence-corrected chi connectivity index (χ3v) is 5.12. The second-order valence-corrected chi connectivity index (χ2v) is 7.04. The fourth-order valence-electron chi connectivity index (χ4n) is 3.63. The second-order valence-electron chi connectivity index (χ2n) is 7.04. The van der Waals surface area contributed by atoms with Crippen molar-refractivity contribution in [2.75, 3.05) is 45.9 Å². The minimum atomic E-state index is 0.105. The fraction of sp³-hybridized carbons (Fsp3) is 0.600. The van der Waals surface area contributed by atoms with Crippen molar-refractivity contribution in [2.24, 2.45) is 10.9 Å². The molecule has 0 radical (unpaired) electrons. The minimum Gasteiger partial charge on any atom is -0.508 e. The molecule has 2 N–H and O–H groups in total. The van der Waals surface area contributed by atoms with Gasteiger partial charge in [-0.25, -0.2) is 4.99 Å². The largest absolute Gasteiger partial charge is 0.508 e. The van der Waals surface area contributed by atoms with Crippen LogP contribution in [0.5, 0.6) is 5.75 Å². The van der Waals surface area contributed by atoms with Crippen LogP contribution in [0.25, 0.3) is 0 Å². The first-order valence-corrected chi connectivity index (χ1v) is 9.85. The molecule has 3 rings (SSSR count). The molecule has 2 fully saturated rings. The lowest BCUT2D eigenvalue weighted by molar-refractivity contribution is -0.140. The van der Waals surface area contributed by atoms with Crippen LogP contribution in [-0.4, -0.2) is 72.7 Å². The number of carbonyl (C=O) groups is 1. The van der Waals surface area contributed by atoms with Gasteiger partial charge in [0.1, 0.15) is 5.75 Å². The van der Waals surface area contributed by atoms with E-state index in [1.54, 1.807) is 12.1 Å². The van der Waals surface area contributed by atoms with Crippen molar-refractivity contribution in [1.29, 1.82) is 0 Å². The molecule has 2 heterocycles. The lowest BCUT2D eigenvalue weighted by atomic mass is 9.95. The second kappa shape index (κ2) is 9.60. The fourth-order valence-corrected chi connectivity index (χ4v) is 3.63. The smallest absolute Gasteiger partial charge is 0.225 e. The van der Waals surface area contributed by atoms with Crippen molar-refractivity contribution < 1.29 is 14.6 Å². The number of hydrogen-bond donors (Lipinski definition) is 2. The average molecular weight is 374 g/mol. The molecular weight excluding hydrogens is 344 g/mol. The molecule has 2 aliphatic rings. The van der Waals surface area contributed by atoms with Crippen LogP contribution in [0.4, 0.5) is 0 Å². The van der Waals surface area contributed by atoms with Crippen LogP contribution in [0.3, 0.4) is 0 Å². The van der Waals surface area contributed by atoms with Gasteiger partial charge in [0.05, 0.1) is 19.8 Å². The number of benzene rings is 1. The number of rotatable bonds is 4. The molecule has 7 nitrogen and oxygen atoms in total. The number of carbonyl (C=O) groups excluding carboxylic acids is 1. The molecule has 0 bridgehead atoms. The van der Waals surface area contributed by atoms with E-state index in [0.717, 1.165) is 44.0 Å². The van der Waals surface area contributed by atoms with Crippen LogP contribution in [0.2, 0.25) is 0 Å². The highest BCUT2D eigenvalue weighted by Gasteiger charge is 2.30. The third kappa shape index (κ3) is 5.35. The molecular formula is C20H30N4O3. The molecule has 27 heavy (non-hydrogen) atoms. The van der Waals surface area contributed by atoms with Gasteiger partial charge in [-0.1, -0.05) is 12.1 Å². The van der Waals surface area contributed by atoms with E-state index >= 15 is 0 Å². The molecule has 7 heteroatoms. The zero-order chi connectivity index (χ0) is 19.1. The molecule has 0 aliphatic carbocycles. The SMILES string of the molecule is CCNC(=NCc1cccc(O)c1)N1CCC(C(=O)N2CCOCC2)CC1. The molecule has 148 valence electrons. The number of phenolic OH excluding ortho intramolecular Hbond substituents is 1. The summed E-state index contributed by atoms with van der Waals surface area (Å²) >= 11 is 0. The summed E-state index contributed by atoms with van der Waals surface area (Å²) in [5.74, 6) is 1.52. The van der Waals surface area contributed by atoms with E-state index in [1.807, 2.05) is 17.0 Å². The number of likely N-dealkylation sites (tertiary alicyclic amines) is 1. The summed E-state index contributed by atoms with van der Waals surface area (Å²) in [6.45, 7) is 7.75. The molecule has 0 unspecified atom stereocenters. The maximum Gasteiger partial charge on any atom is 0.225 e. The Bertz CT molecular complexity index is 650. The molecule has 0 aromatic heterocycles. The minimum absolute atomic E-state index is 0.105. The number of guanidine groups is 1. The molecule has 0 spiro atoms. The summed E-state index contributed by atoms with van der Waals surface area (Å²) in [5.41, 5.74) is 0.975. The van der Waals surface area contributed by atoms with E-state index in [-0.39, 0.29) is 17.6 Å². The Morgan fingerprint density at radius 3 is 2.63 bits per heavy atom. The first-order valence-electron chi connectivity index (χ1n) is 9.85. The average Bonchev–Trinajstić information content (AvgIpc) is 2.71. The Morgan fingerprint density at radius 2 is 1.96 bits per heavy atom. The quantitative estimate of drug-likeness (QED) is 0.616. The molecule has 2 saturated heterocycles. The van der Waals surface area contributed by atoms with Crippen molar-refractivity contribution in [3.05, 3.63) is 29.8 Å². The number of nitrogens with one attached hydrogen (secondary N) is 1. The van der Waals surface area contributed by atoms with Gasteiger partial charge in [0, 0.05) is 38.6 Å². The van der Waals surface area contributed by atoms with Crippen molar-refractivity contribution in [1.82, 2.24) is 15.1 Å². The lowest BCUT2D eigenvalue weighted by Crippen LogP contribution is -2.50. The topological polar surface area (TPSA) is 77.4 Å². The molecule has 1 aromatic rings. The Labute approximate surface area is 161 Å². The maximum absolute atomic E-state index is 12.7. The zero-order valence-electron chi connectivity index (χ0n) is 16.1. The summed E-state index contributed by atoms with van der Waals surface area (Å²) in [4.78, 5) is 21.6. The van der Waals surface area contributed by atoms with E-state index in [4.69, 9.17) is 9.73 Å². The summed E-state index contributed by atoms with van der Waals surface area (Å²) in [5, 5.41) is 12.9. The van der Waals surface area contributed by atoms with Gasteiger partial charge in [0.2, 0.25) is 5.91 Å². The van der Waals surface area contributed by atoms with Crippen LogP contribution in [0, 0.1) is 5.92 Å². The van der Waals surface area contributed by atoms with Crippen LogP contribution < -0.4 is 5.32 Å². The highest BCUT2D eigenvalue weighted by atomic mass is 16.5. The predicted octanol–water partition coefficient (Wildman–Crippen LogP) is 1.43. The van der Waals surface area contributed by atoms with Gasteiger partial charge >= 0.3 is 0 Å². The normalized spacial score (nSPS) is 19.2. The number of nitrogens with zero attached hydrogens (tertiary/aromatic N) is 3. The number of morpholine rings is 1. The van der Waals surface area contributed by atoms with Crippen molar-refractivity contribution in [3.63, 3.8) is 0 Å². The maximum atomic E-state index is 12.7. The van der Waals surface area contributed by atoms with Crippen molar-refractivity contribution in [3.8, 4) is 5.75 Å². The third-order valence-electron chi connectivity index (χ3n) is 5.12. The molecule has 2 aliphatic heterocycles. The Hall–Kier alpha value is -2.28. The van der Waals surface area contributed by atoms with E-state index in [1.165, 1.54) is 0 Å². The highest BCUT2D eigenvalue weighted by molar-refractivity contribution is 5.82. The highest BCUT2D eigenvalue weighted by Crippen LogP contribution is 2.21. The van der Waals surface area contributed by atoms with E-state index < -0.39 is 0 Å². The number of amides is 1. The Balaban J connectivity index is 1.56. The number of phenols is 1. The molecule has 1 aromatic carbocycles. The first kappa shape index (κ1) is 19.5. The lowest BCUT2D eigenvalue weighted by Gasteiger charge is -2.36. The number of aliphatic imine (C=N–C) groups is 1. The van der Waals surface area contributed by atoms with Gasteiger partial charge in [0.25, 0.3) is 0 Å². The van der Waals surface area contributed by atoms with Crippen molar-refractivity contribution >= 4 is 11.9 Å². The standard InChI is InChI=1S/C20H30N4O3/c1-2-21-20(22-15-16-4-3-5-18(25)14-16)24-8-6-17(7-9-24)19(26)23-10-12-27-13-11-23/h3-5,14,17,25H,2,6-13,15H2,1H3,(H,21,22). The monoisotopic (exact) mass is 374 g/mol. The number of ether oxygens (including phenoxy) is 1. The van der Waals surface area contributed by atoms with Gasteiger partial charge < -0.3 is 25.0 Å². The predicted molar refractivity (Wildman–Crippen MR) is 105 cm³/mol. The number of piperidine rings is 1. The first-order chi connectivity index (χ1) is 13.2. The summed E-state index contributed by atoms with van der Waals surface area (Å²) < 4.78 is 5.34. The van der Waals surface area contributed by atoms with E-state index in [9.17, 15) is 9.90 Å². The molecule has 0 atom stereocenters. The summed E-state index contributed by atoms with van der Waals surface area (Å²) in [6, 6.07) is 7.19. The number of aromatic hydroxyl groups is 1. The molecule has 0 saturated carbocycles. The van der Waals surface area contributed by atoms with E-state index in [2.05, 4.69) is 17.1 Å². The van der Waals surface area contributed by atoms with Crippen LogP contribution in [-0.2, 0) is 16.1 Å². The van der Waals surface area contributed by atoms with E-state index in [0.29, 0.717) is 32.8 Å². The summed E-state index contributed by atoms with van der Waals surface area (Å²) in [6.07, 6.45) is 1.71. The van der Waals surface area contributed by atoms with Crippen molar-refractivity contribution in [2.45, 2.75) is 26.3 Å². The van der Waals surface area contributed by atoms with Gasteiger partial charge in [0.15, 0.2) is 5.96 Å². The van der Waals surface area contributed by atoms with Crippen LogP contribution in [0.1, 0.15) is 25.3 Å². The van der Waals surface area contributed by atoms with Gasteiger partial charge in [-0.3, -0.25) is 4.79 Å². The van der Waals surface area contributed by atoms with Gasteiger partial charge in [-0.15, -0.1) is 0 Å². The van der Waals surface area contributed by atoms with Gasteiger partial charge in [-0.05, 0) is 37.5 Å². The van der Waals surface area contributed by atoms with Gasteiger partial charge in [-0.2, -0.15) is 0 Å². The Kier molecular flexibility index (Phi) is 6.92. The zero-order valence-corrected chi connectivity index (χ0v) is 16.1.